The number of hydrogen-bond donors (Lipinski definition) is 2. The third-order valence-corrected chi connectivity index (χ3v) is 10.1. The summed E-state index contributed by atoms with van der Waals surface area (Å²) in [6, 6.07) is 43.3. The maximum atomic E-state index is 15.2. The zero-order valence-corrected chi connectivity index (χ0v) is 31.2. The molecule has 56 heavy (non-hydrogen) atoms. The smallest absolute Gasteiger partial charge is 0.318 e. The molecule has 5 aromatic carbocycles. The Labute approximate surface area is 328 Å². The molecule has 3 heterocycles. The van der Waals surface area contributed by atoms with E-state index in [1.54, 1.807) is 12.1 Å². The molecule has 7 aromatic rings. The molecule has 10 nitrogen and oxygen atoms in total. The van der Waals surface area contributed by atoms with Crippen LogP contribution in [0, 0.1) is 5.82 Å². The van der Waals surface area contributed by atoms with E-state index in [0.717, 1.165) is 47.1 Å². The molecular weight excluding hydrogens is 729 g/mol. The molecule has 0 atom stereocenters. The van der Waals surface area contributed by atoms with Crippen molar-refractivity contribution in [1.29, 1.82) is 0 Å². The first-order chi connectivity index (χ1) is 27.5. The molecule has 1 saturated heterocycles. The third-order valence-electron chi connectivity index (χ3n) is 9.84. The highest BCUT2D eigenvalue weighted by molar-refractivity contribution is 6.30. The Morgan fingerprint density at radius 3 is 2.07 bits per heavy atom. The fourth-order valence-corrected chi connectivity index (χ4v) is 7.27. The number of ether oxygens (including phenoxy) is 2. The van der Waals surface area contributed by atoms with E-state index < -0.39 is 11.4 Å². The molecule has 2 N–H and O–H groups in total. The standard InChI is InChI=1S/C44H39ClFN7O3/c45-35-18-16-31(17-19-35)28-40(54)49-41-37-29-36(48-42-38(46)30-47-43(50-42)56-27-24-52-22-25-55-26-23-52)20-21-39(37)53(51-41)44(32-10-4-1-5-11-32,33-12-6-2-7-13-33)34-14-8-3-9-15-34/h1-21,29-30H,22-28H2,(H,47,48,50)(H,49,51,54). The summed E-state index contributed by atoms with van der Waals surface area (Å²) < 4.78 is 28.4. The van der Waals surface area contributed by atoms with E-state index in [2.05, 4.69) is 61.9 Å². The molecular formula is C44H39ClFN7O3. The van der Waals surface area contributed by atoms with Crippen molar-refractivity contribution in [1.82, 2.24) is 24.6 Å². The highest BCUT2D eigenvalue weighted by atomic mass is 35.5. The molecule has 1 fully saturated rings. The summed E-state index contributed by atoms with van der Waals surface area (Å²) in [7, 11) is 0. The lowest BCUT2D eigenvalue weighted by molar-refractivity contribution is -0.115. The van der Waals surface area contributed by atoms with E-state index in [1.165, 1.54) is 0 Å². The van der Waals surface area contributed by atoms with E-state index in [4.69, 9.17) is 26.2 Å². The quantitative estimate of drug-likeness (QED) is 0.114. The van der Waals surface area contributed by atoms with Gasteiger partial charge in [0.05, 0.1) is 31.3 Å². The average Bonchev–Trinajstić information content (AvgIpc) is 3.58. The van der Waals surface area contributed by atoms with Crippen LogP contribution in [0.1, 0.15) is 22.3 Å². The zero-order valence-electron chi connectivity index (χ0n) is 30.4. The lowest BCUT2D eigenvalue weighted by Gasteiger charge is -2.37. The minimum absolute atomic E-state index is 0.0476. The van der Waals surface area contributed by atoms with E-state index >= 15 is 4.39 Å². The summed E-state index contributed by atoms with van der Waals surface area (Å²) in [5.41, 5.74) is 3.97. The first kappa shape index (κ1) is 36.8. The van der Waals surface area contributed by atoms with Crippen molar-refractivity contribution >= 4 is 45.7 Å². The van der Waals surface area contributed by atoms with Gasteiger partial charge >= 0.3 is 6.01 Å². The number of halogens is 2. The highest BCUT2D eigenvalue weighted by Crippen LogP contribution is 2.44. The van der Waals surface area contributed by atoms with Gasteiger partial charge in [-0.15, -0.1) is 0 Å². The predicted molar refractivity (Wildman–Crippen MR) is 216 cm³/mol. The van der Waals surface area contributed by atoms with Crippen LogP contribution in [-0.4, -0.2) is 70.0 Å². The molecule has 0 bridgehead atoms. The Morgan fingerprint density at radius 1 is 0.821 bits per heavy atom. The van der Waals surface area contributed by atoms with Gasteiger partial charge in [0, 0.05) is 35.7 Å². The van der Waals surface area contributed by atoms with E-state index in [1.807, 2.05) is 89.6 Å². The van der Waals surface area contributed by atoms with Crippen molar-refractivity contribution in [3.05, 3.63) is 173 Å². The molecule has 1 amide bonds. The van der Waals surface area contributed by atoms with E-state index in [0.29, 0.717) is 48.3 Å². The monoisotopic (exact) mass is 767 g/mol. The Balaban J connectivity index is 1.22. The Hall–Kier alpha value is -6.14. The van der Waals surface area contributed by atoms with Gasteiger partial charge in [-0.1, -0.05) is 115 Å². The summed E-state index contributed by atoms with van der Waals surface area (Å²) in [6.45, 7) is 4.05. The second kappa shape index (κ2) is 16.7. The first-order valence-corrected chi connectivity index (χ1v) is 18.8. The minimum Gasteiger partial charge on any atom is -0.462 e. The SMILES string of the molecule is O=C(Cc1ccc(Cl)cc1)Nc1nn(C(c2ccccc2)(c2ccccc2)c2ccccc2)c2ccc(Nc3nc(OCCN4CCOCC4)ncc3F)cc12. The van der Waals surface area contributed by atoms with Crippen molar-refractivity contribution in [2.75, 3.05) is 50.1 Å². The van der Waals surface area contributed by atoms with Crippen LogP contribution in [0.15, 0.2) is 140 Å². The molecule has 8 rings (SSSR count). The maximum absolute atomic E-state index is 15.2. The van der Waals surface area contributed by atoms with Crippen molar-refractivity contribution < 1.29 is 18.7 Å². The number of nitrogens with one attached hydrogen (secondary N) is 2. The summed E-state index contributed by atoms with van der Waals surface area (Å²) in [5, 5.41) is 12.7. The minimum atomic E-state index is -0.970. The number of amides is 1. The molecule has 282 valence electrons. The molecule has 0 saturated carbocycles. The number of carbonyl (C=O) groups is 1. The van der Waals surface area contributed by atoms with Gasteiger partial charge in [-0.05, 0) is 52.6 Å². The van der Waals surface area contributed by atoms with Crippen molar-refractivity contribution in [3.63, 3.8) is 0 Å². The summed E-state index contributed by atoms with van der Waals surface area (Å²) >= 11 is 6.12. The number of morpholine rings is 1. The van der Waals surface area contributed by atoms with Crippen LogP contribution in [0.3, 0.4) is 0 Å². The highest BCUT2D eigenvalue weighted by Gasteiger charge is 2.41. The third kappa shape index (κ3) is 7.83. The zero-order chi connectivity index (χ0) is 38.3. The van der Waals surface area contributed by atoms with Gasteiger partial charge < -0.3 is 20.1 Å². The fourth-order valence-electron chi connectivity index (χ4n) is 7.15. The number of aromatic nitrogens is 4. The van der Waals surface area contributed by atoms with Crippen LogP contribution in [0.5, 0.6) is 6.01 Å². The summed E-state index contributed by atoms with van der Waals surface area (Å²) in [4.78, 5) is 24.4. The number of anilines is 3. The van der Waals surface area contributed by atoms with Crippen molar-refractivity contribution in [2.45, 2.75) is 12.0 Å². The summed E-state index contributed by atoms with van der Waals surface area (Å²) in [5.74, 6) is -0.615. The van der Waals surface area contributed by atoms with Crippen LogP contribution in [0.2, 0.25) is 5.02 Å². The van der Waals surface area contributed by atoms with Gasteiger partial charge in [0.1, 0.15) is 12.1 Å². The van der Waals surface area contributed by atoms with E-state index in [9.17, 15) is 4.79 Å². The summed E-state index contributed by atoms with van der Waals surface area (Å²) in [6.07, 6.45) is 1.19. The molecule has 1 aliphatic heterocycles. The van der Waals surface area contributed by atoms with Crippen LogP contribution < -0.4 is 15.4 Å². The van der Waals surface area contributed by atoms with Gasteiger partial charge in [-0.2, -0.15) is 10.1 Å². The van der Waals surface area contributed by atoms with Gasteiger partial charge in [0.2, 0.25) is 5.91 Å². The van der Waals surface area contributed by atoms with Gasteiger partial charge in [0.25, 0.3) is 0 Å². The van der Waals surface area contributed by atoms with Gasteiger partial charge in [-0.3, -0.25) is 9.69 Å². The van der Waals surface area contributed by atoms with Crippen LogP contribution >= 0.6 is 11.6 Å². The Bertz CT molecular complexity index is 2310. The maximum Gasteiger partial charge on any atom is 0.318 e. The van der Waals surface area contributed by atoms with Crippen LogP contribution in [0.25, 0.3) is 10.9 Å². The second-order valence-electron chi connectivity index (χ2n) is 13.4. The molecule has 0 spiro atoms. The molecule has 0 radical (unpaired) electrons. The van der Waals surface area contributed by atoms with Crippen molar-refractivity contribution in [3.8, 4) is 6.01 Å². The van der Waals surface area contributed by atoms with Crippen LogP contribution in [0.4, 0.5) is 21.7 Å². The second-order valence-corrected chi connectivity index (χ2v) is 13.9. The van der Waals surface area contributed by atoms with E-state index in [-0.39, 0.29) is 24.2 Å². The lowest BCUT2D eigenvalue weighted by atomic mass is 9.77. The largest absolute Gasteiger partial charge is 0.462 e. The fraction of sp³-hybridized carbons (Fsp3) is 0.182. The Morgan fingerprint density at radius 2 is 1.45 bits per heavy atom. The molecule has 2 aromatic heterocycles. The average molecular weight is 768 g/mol. The first-order valence-electron chi connectivity index (χ1n) is 18.4. The molecule has 12 heteroatoms. The molecule has 0 unspecified atom stereocenters. The topological polar surface area (TPSA) is 106 Å². The number of nitrogens with zero attached hydrogens (tertiary/aromatic N) is 5. The predicted octanol–water partition coefficient (Wildman–Crippen LogP) is 8.09. The number of hydrogen-bond acceptors (Lipinski definition) is 8. The van der Waals surface area contributed by atoms with Gasteiger partial charge in [-0.25, -0.2) is 14.1 Å². The molecule has 0 aliphatic carbocycles. The number of fused-ring (bicyclic) bond motifs is 1. The van der Waals surface area contributed by atoms with Crippen molar-refractivity contribution in [2.24, 2.45) is 0 Å². The number of rotatable bonds is 13. The Kier molecular flexibility index (Phi) is 11.0. The normalized spacial score (nSPS) is 13.4. The van der Waals surface area contributed by atoms with Crippen LogP contribution in [-0.2, 0) is 21.5 Å². The number of carbonyl (C=O) groups excluding carboxylic acids is 1. The lowest BCUT2D eigenvalue weighted by Crippen LogP contribution is -2.38. The van der Waals surface area contributed by atoms with Gasteiger partial charge in [0.15, 0.2) is 17.5 Å². The molecule has 1 aliphatic rings. The number of benzene rings is 5.